The standard InChI is InChI=1S/C11H20N4O5/c1-2-12-3-4-13-5-6-14-7-9(17)15-11(19)20-10(18)8-16/h8,12-14H,2-7H2,1H3,(H,15,17,19). The van der Waals surface area contributed by atoms with Crippen LogP contribution in [0.1, 0.15) is 6.92 Å². The van der Waals surface area contributed by atoms with Crippen LogP contribution >= 0.6 is 0 Å². The van der Waals surface area contributed by atoms with Crippen LogP contribution in [0.4, 0.5) is 4.79 Å². The van der Waals surface area contributed by atoms with Gasteiger partial charge in [-0.1, -0.05) is 6.92 Å². The van der Waals surface area contributed by atoms with Gasteiger partial charge in [0.15, 0.2) is 0 Å². The Labute approximate surface area is 116 Å². The van der Waals surface area contributed by atoms with Gasteiger partial charge in [0.1, 0.15) is 0 Å². The zero-order valence-electron chi connectivity index (χ0n) is 11.4. The van der Waals surface area contributed by atoms with E-state index in [-0.39, 0.29) is 12.8 Å². The first-order valence-electron chi connectivity index (χ1n) is 6.23. The fourth-order valence-corrected chi connectivity index (χ4v) is 1.16. The topological polar surface area (TPSA) is 126 Å². The lowest BCUT2D eigenvalue weighted by atomic mass is 10.5. The van der Waals surface area contributed by atoms with E-state index < -0.39 is 18.0 Å². The van der Waals surface area contributed by atoms with Crippen molar-refractivity contribution in [3.8, 4) is 0 Å². The molecule has 0 bridgehead atoms. The highest BCUT2D eigenvalue weighted by molar-refractivity contribution is 6.23. The van der Waals surface area contributed by atoms with Crippen molar-refractivity contribution in [2.45, 2.75) is 6.92 Å². The second-order valence-electron chi connectivity index (χ2n) is 3.65. The number of nitrogens with one attached hydrogen (secondary N) is 4. The molecule has 0 unspecified atom stereocenters. The summed E-state index contributed by atoms with van der Waals surface area (Å²) in [5, 5.41) is 10.9. The van der Waals surface area contributed by atoms with Crippen molar-refractivity contribution in [1.82, 2.24) is 21.3 Å². The van der Waals surface area contributed by atoms with Crippen LogP contribution in [0, 0.1) is 0 Å². The first kappa shape index (κ1) is 18.2. The molecule has 114 valence electrons. The Morgan fingerprint density at radius 1 is 1.00 bits per heavy atom. The lowest BCUT2D eigenvalue weighted by Crippen LogP contribution is -2.41. The molecule has 0 saturated heterocycles. The monoisotopic (exact) mass is 288 g/mol. The third-order valence-corrected chi connectivity index (χ3v) is 2.02. The molecule has 20 heavy (non-hydrogen) atoms. The smallest absolute Gasteiger partial charge is 0.370 e. The second kappa shape index (κ2) is 12.2. The van der Waals surface area contributed by atoms with Gasteiger partial charge in [-0.25, -0.2) is 9.59 Å². The molecule has 0 fully saturated rings. The molecular weight excluding hydrogens is 268 g/mol. The van der Waals surface area contributed by atoms with Gasteiger partial charge in [-0.05, 0) is 6.54 Å². The lowest BCUT2D eigenvalue weighted by molar-refractivity contribution is -0.143. The van der Waals surface area contributed by atoms with E-state index in [9.17, 15) is 19.2 Å². The maximum atomic E-state index is 11.2. The largest absolute Gasteiger partial charge is 0.421 e. The molecule has 4 N–H and O–H groups in total. The summed E-state index contributed by atoms with van der Waals surface area (Å²) in [6.45, 7) is 5.75. The summed E-state index contributed by atoms with van der Waals surface area (Å²) in [7, 11) is 0. The fraction of sp³-hybridized carbons (Fsp3) is 0.636. The number of hydrogen-bond acceptors (Lipinski definition) is 8. The predicted octanol–water partition coefficient (Wildman–Crippen LogP) is -2.25. The van der Waals surface area contributed by atoms with Gasteiger partial charge in [0.25, 0.3) is 0 Å². The quantitative estimate of drug-likeness (QED) is 0.117. The summed E-state index contributed by atoms with van der Waals surface area (Å²) in [5.41, 5.74) is 0. The van der Waals surface area contributed by atoms with E-state index in [0.29, 0.717) is 13.1 Å². The molecule has 0 atom stereocenters. The average molecular weight is 288 g/mol. The Morgan fingerprint density at radius 2 is 1.60 bits per heavy atom. The highest BCUT2D eigenvalue weighted by Gasteiger charge is 2.12. The van der Waals surface area contributed by atoms with E-state index in [1.54, 1.807) is 5.32 Å². The Kier molecular flexibility index (Phi) is 11.1. The molecule has 9 nitrogen and oxygen atoms in total. The zero-order chi connectivity index (χ0) is 15.2. The Morgan fingerprint density at radius 3 is 2.20 bits per heavy atom. The van der Waals surface area contributed by atoms with Crippen molar-refractivity contribution in [3.63, 3.8) is 0 Å². The number of carbonyl (C=O) groups excluding carboxylic acids is 4. The highest BCUT2D eigenvalue weighted by atomic mass is 16.6. The SMILES string of the molecule is CCNCCNCCNCC(=O)NC(=O)OC(=O)C=O. The van der Waals surface area contributed by atoms with Crippen LogP contribution in [0.3, 0.4) is 0 Å². The number of carbonyl (C=O) groups is 4. The van der Waals surface area contributed by atoms with Gasteiger partial charge in [-0.2, -0.15) is 0 Å². The summed E-state index contributed by atoms with van der Waals surface area (Å²) in [6, 6.07) is 0. The minimum Gasteiger partial charge on any atom is -0.370 e. The number of alkyl carbamates (subject to hydrolysis) is 1. The van der Waals surface area contributed by atoms with Crippen molar-refractivity contribution in [2.24, 2.45) is 0 Å². The molecule has 0 spiro atoms. The van der Waals surface area contributed by atoms with E-state index in [1.807, 2.05) is 6.92 Å². The van der Waals surface area contributed by atoms with Gasteiger partial charge in [0.2, 0.25) is 12.2 Å². The van der Waals surface area contributed by atoms with Crippen molar-refractivity contribution >= 4 is 24.3 Å². The average Bonchev–Trinajstić information content (AvgIpc) is 2.41. The second-order valence-corrected chi connectivity index (χ2v) is 3.65. The van der Waals surface area contributed by atoms with Crippen LogP contribution in [0.5, 0.6) is 0 Å². The van der Waals surface area contributed by atoms with E-state index in [1.165, 1.54) is 0 Å². The molecule has 0 aliphatic carbocycles. The number of likely N-dealkylation sites (N-methyl/N-ethyl adjacent to an activating group) is 1. The van der Waals surface area contributed by atoms with Crippen LogP contribution in [0.25, 0.3) is 0 Å². The molecule has 0 aliphatic heterocycles. The third-order valence-electron chi connectivity index (χ3n) is 2.02. The van der Waals surface area contributed by atoms with Gasteiger partial charge in [0, 0.05) is 26.2 Å². The lowest BCUT2D eigenvalue weighted by Gasteiger charge is -2.06. The molecule has 0 rings (SSSR count). The summed E-state index contributed by atoms with van der Waals surface area (Å²) in [5.74, 6) is -2.01. The molecule has 0 radical (unpaired) electrons. The fourth-order valence-electron chi connectivity index (χ4n) is 1.16. The predicted molar refractivity (Wildman–Crippen MR) is 70.0 cm³/mol. The van der Waals surface area contributed by atoms with Crippen LogP contribution in [0.2, 0.25) is 0 Å². The summed E-state index contributed by atoms with van der Waals surface area (Å²) < 4.78 is 3.93. The zero-order valence-corrected chi connectivity index (χ0v) is 11.4. The van der Waals surface area contributed by atoms with Gasteiger partial charge >= 0.3 is 12.1 Å². The Hall–Kier alpha value is -1.84. The number of amides is 2. The molecule has 0 aromatic rings. The van der Waals surface area contributed by atoms with Gasteiger partial charge in [0.05, 0.1) is 6.54 Å². The number of ether oxygens (including phenoxy) is 1. The molecule has 2 amide bonds. The summed E-state index contributed by atoms with van der Waals surface area (Å²) >= 11 is 0. The number of esters is 1. The Bertz CT molecular complexity index is 335. The molecule has 0 saturated carbocycles. The first-order valence-corrected chi connectivity index (χ1v) is 6.23. The molecule has 0 aromatic carbocycles. The maximum Gasteiger partial charge on any atom is 0.421 e. The van der Waals surface area contributed by atoms with Crippen molar-refractivity contribution in [3.05, 3.63) is 0 Å². The molecule has 0 aromatic heterocycles. The first-order chi connectivity index (χ1) is 9.60. The van der Waals surface area contributed by atoms with Crippen molar-refractivity contribution < 1.29 is 23.9 Å². The number of rotatable bonds is 10. The van der Waals surface area contributed by atoms with E-state index in [2.05, 4.69) is 20.7 Å². The van der Waals surface area contributed by atoms with Gasteiger partial charge in [-0.15, -0.1) is 0 Å². The molecular formula is C11H20N4O5. The third kappa shape index (κ3) is 11.3. The maximum absolute atomic E-state index is 11.2. The summed E-state index contributed by atoms with van der Waals surface area (Å²) in [6.07, 6.45) is -1.43. The summed E-state index contributed by atoms with van der Waals surface area (Å²) in [4.78, 5) is 42.4. The minimum atomic E-state index is -1.35. The highest BCUT2D eigenvalue weighted by Crippen LogP contribution is 1.77. The van der Waals surface area contributed by atoms with Crippen molar-refractivity contribution in [1.29, 1.82) is 0 Å². The van der Waals surface area contributed by atoms with E-state index >= 15 is 0 Å². The van der Waals surface area contributed by atoms with Gasteiger partial charge in [-0.3, -0.25) is 14.9 Å². The molecule has 9 heteroatoms. The number of aldehydes is 1. The van der Waals surface area contributed by atoms with Crippen molar-refractivity contribution in [2.75, 3.05) is 39.3 Å². The number of hydrogen-bond donors (Lipinski definition) is 4. The number of imide groups is 1. The minimum absolute atomic E-state index is 0.0979. The van der Waals surface area contributed by atoms with E-state index in [4.69, 9.17) is 0 Å². The molecule has 0 aliphatic rings. The normalized spacial score (nSPS) is 9.85. The van der Waals surface area contributed by atoms with Crippen LogP contribution in [-0.2, 0) is 19.1 Å². The van der Waals surface area contributed by atoms with Crippen LogP contribution in [-0.4, -0.2) is 63.5 Å². The van der Waals surface area contributed by atoms with Gasteiger partial charge < -0.3 is 20.7 Å². The van der Waals surface area contributed by atoms with E-state index in [0.717, 1.165) is 19.6 Å². The molecule has 0 heterocycles. The van der Waals surface area contributed by atoms with Crippen LogP contribution < -0.4 is 21.3 Å². The van der Waals surface area contributed by atoms with Crippen LogP contribution in [0.15, 0.2) is 0 Å². The Balaban J connectivity index is 3.47.